The van der Waals surface area contributed by atoms with Crippen molar-refractivity contribution in [2.75, 3.05) is 11.4 Å². The molecule has 0 spiro atoms. The number of likely N-dealkylation sites (N-methyl/N-ethyl adjacent to an activating group) is 1. The lowest BCUT2D eigenvalue weighted by Crippen LogP contribution is -2.39. The maximum Gasteiger partial charge on any atom is 0.326 e. The fraction of sp³-hybridized carbons (Fsp3) is 0.364. The lowest BCUT2D eigenvalue weighted by Gasteiger charge is -2.27. The lowest BCUT2D eigenvalue weighted by atomic mass is 10.2. The first-order valence-electron chi connectivity index (χ1n) is 4.82. The second kappa shape index (κ2) is 4.77. The summed E-state index contributed by atoms with van der Waals surface area (Å²) in [5.74, 6) is -1.35. The Morgan fingerprint density at radius 2 is 2.13 bits per heavy atom. The monoisotopic (exact) mass is 211 g/mol. The maximum absolute atomic E-state index is 13.4. The number of carboxylic acids is 1. The van der Waals surface area contributed by atoms with Crippen molar-refractivity contribution in [3.05, 3.63) is 30.1 Å². The quantitative estimate of drug-likeness (QED) is 0.829. The van der Waals surface area contributed by atoms with Gasteiger partial charge in [0.15, 0.2) is 0 Å². The third-order valence-corrected chi connectivity index (χ3v) is 2.33. The molecule has 0 saturated carbocycles. The van der Waals surface area contributed by atoms with Gasteiger partial charge in [-0.05, 0) is 26.0 Å². The largest absolute Gasteiger partial charge is 0.480 e. The Balaban J connectivity index is 3.02. The highest BCUT2D eigenvalue weighted by Gasteiger charge is 2.21. The summed E-state index contributed by atoms with van der Waals surface area (Å²) in [5.41, 5.74) is 0.329. The van der Waals surface area contributed by atoms with Crippen molar-refractivity contribution >= 4 is 11.7 Å². The van der Waals surface area contributed by atoms with E-state index < -0.39 is 17.8 Å². The van der Waals surface area contributed by atoms with Gasteiger partial charge in [-0.25, -0.2) is 9.18 Å². The second-order valence-electron chi connectivity index (χ2n) is 3.25. The van der Waals surface area contributed by atoms with Gasteiger partial charge in [-0.15, -0.1) is 0 Å². The Morgan fingerprint density at radius 1 is 1.53 bits per heavy atom. The van der Waals surface area contributed by atoms with Crippen molar-refractivity contribution < 1.29 is 14.3 Å². The number of halogens is 1. The van der Waals surface area contributed by atoms with Gasteiger partial charge in [0.1, 0.15) is 11.9 Å². The van der Waals surface area contributed by atoms with Gasteiger partial charge in [0.25, 0.3) is 0 Å². The molecule has 0 amide bonds. The van der Waals surface area contributed by atoms with Crippen LogP contribution in [0.15, 0.2) is 24.3 Å². The number of nitrogens with zero attached hydrogens (tertiary/aromatic N) is 1. The minimum atomic E-state index is -0.958. The normalized spacial score (nSPS) is 12.2. The summed E-state index contributed by atoms with van der Waals surface area (Å²) >= 11 is 0. The molecular weight excluding hydrogens is 197 g/mol. The van der Waals surface area contributed by atoms with Gasteiger partial charge in [-0.1, -0.05) is 12.1 Å². The maximum atomic E-state index is 13.4. The van der Waals surface area contributed by atoms with Crippen LogP contribution in [0.4, 0.5) is 10.1 Å². The molecule has 3 nitrogen and oxygen atoms in total. The highest BCUT2D eigenvalue weighted by Crippen LogP contribution is 2.20. The molecule has 15 heavy (non-hydrogen) atoms. The molecule has 1 atom stereocenters. The van der Waals surface area contributed by atoms with Crippen molar-refractivity contribution in [3.63, 3.8) is 0 Å². The number of carbonyl (C=O) groups is 1. The molecule has 82 valence electrons. The molecule has 1 aromatic carbocycles. The zero-order chi connectivity index (χ0) is 11.4. The highest BCUT2D eigenvalue weighted by molar-refractivity contribution is 5.77. The van der Waals surface area contributed by atoms with E-state index in [1.165, 1.54) is 17.9 Å². The van der Waals surface area contributed by atoms with E-state index >= 15 is 0 Å². The van der Waals surface area contributed by atoms with Gasteiger partial charge < -0.3 is 10.0 Å². The van der Waals surface area contributed by atoms with E-state index in [-0.39, 0.29) is 0 Å². The summed E-state index contributed by atoms with van der Waals surface area (Å²) in [4.78, 5) is 12.3. The van der Waals surface area contributed by atoms with Crippen LogP contribution in [-0.4, -0.2) is 23.7 Å². The summed E-state index contributed by atoms with van der Waals surface area (Å²) in [7, 11) is 0. The number of hydrogen-bond acceptors (Lipinski definition) is 2. The smallest absolute Gasteiger partial charge is 0.326 e. The van der Waals surface area contributed by atoms with Crippen LogP contribution in [0.5, 0.6) is 0 Å². The van der Waals surface area contributed by atoms with E-state index in [1.807, 2.05) is 0 Å². The third-order valence-electron chi connectivity index (χ3n) is 2.33. The van der Waals surface area contributed by atoms with Gasteiger partial charge in [-0.3, -0.25) is 0 Å². The first-order chi connectivity index (χ1) is 7.07. The van der Waals surface area contributed by atoms with Crippen LogP contribution in [0.3, 0.4) is 0 Å². The number of hydrogen-bond donors (Lipinski definition) is 1. The number of rotatable bonds is 4. The Bertz CT molecular complexity index is 354. The fourth-order valence-electron chi connectivity index (χ4n) is 1.47. The molecule has 0 aliphatic rings. The van der Waals surface area contributed by atoms with E-state index in [4.69, 9.17) is 5.11 Å². The summed E-state index contributed by atoms with van der Waals surface area (Å²) in [6, 6.07) is 5.45. The molecule has 1 rings (SSSR count). The highest BCUT2D eigenvalue weighted by atomic mass is 19.1. The van der Waals surface area contributed by atoms with E-state index in [9.17, 15) is 9.18 Å². The fourth-order valence-corrected chi connectivity index (χ4v) is 1.47. The van der Waals surface area contributed by atoms with Crippen molar-refractivity contribution in [1.29, 1.82) is 0 Å². The summed E-state index contributed by atoms with van der Waals surface area (Å²) < 4.78 is 13.4. The summed E-state index contributed by atoms with van der Waals surface area (Å²) in [5, 5.41) is 8.87. The predicted molar refractivity (Wildman–Crippen MR) is 56.5 cm³/mol. The van der Waals surface area contributed by atoms with Crippen LogP contribution in [0, 0.1) is 5.82 Å². The number of aliphatic carboxylic acids is 1. The Kier molecular flexibility index (Phi) is 3.66. The minimum Gasteiger partial charge on any atom is -0.480 e. The van der Waals surface area contributed by atoms with Gasteiger partial charge >= 0.3 is 5.97 Å². The van der Waals surface area contributed by atoms with Gasteiger partial charge in [0, 0.05) is 6.54 Å². The molecule has 0 aromatic heterocycles. The molecule has 0 heterocycles. The Labute approximate surface area is 88.1 Å². The third kappa shape index (κ3) is 2.46. The van der Waals surface area contributed by atoms with Crippen molar-refractivity contribution in [1.82, 2.24) is 0 Å². The molecule has 0 fully saturated rings. The summed E-state index contributed by atoms with van der Waals surface area (Å²) in [6.45, 7) is 3.79. The lowest BCUT2D eigenvalue weighted by molar-refractivity contribution is -0.138. The first kappa shape index (κ1) is 11.5. The van der Waals surface area contributed by atoms with Crippen LogP contribution in [-0.2, 0) is 4.79 Å². The van der Waals surface area contributed by atoms with Gasteiger partial charge in [-0.2, -0.15) is 0 Å². The van der Waals surface area contributed by atoms with Crippen molar-refractivity contribution in [2.45, 2.75) is 19.9 Å². The topological polar surface area (TPSA) is 40.5 Å². The number of benzene rings is 1. The number of anilines is 1. The Morgan fingerprint density at radius 3 is 2.60 bits per heavy atom. The van der Waals surface area contributed by atoms with Crippen LogP contribution >= 0.6 is 0 Å². The zero-order valence-corrected chi connectivity index (χ0v) is 8.77. The van der Waals surface area contributed by atoms with Gasteiger partial charge in [0.2, 0.25) is 0 Å². The van der Waals surface area contributed by atoms with Crippen molar-refractivity contribution in [3.8, 4) is 0 Å². The zero-order valence-electron chi connectivity index (χ0n) is 8.77. The first-order valence-corrected chi connectivity index (χ1v) is 4.82. The molecule has 1 unspecified atom stereocenters. The van der Waals surface area contributed by atoms with Crippen LogP contribution < -0.4 is 4.90 Å². The standard InChI is InChI=1S/C11H14FNO2/c1-3-13(8(2)11(14)15)10-7-5-4-6-9(10)12/h4-8H,3H2,1-2H3,(H,14,15). The molecule has 0 aliphatic heterocycles. The molecule has 1 aromatic rings. The van der Waals surface area contributed by atoms with Gasteiger partial charge in [0.05, 0.1) is 5.69 Å². The van der Waals surface area contributed by atoms with E-state index in [1.54, 1.807) is 25.1 Å². The molecule has 0 radical (unpaired) electrons. The van der Waals surface area contributed by atoms with Crippen LogP contribution in [0.1, 0.15) is 13.8 Å². The van der Waals surface area contributed by atoms with Crippen molar-refractivity contribution in [2.24, 2.45) is 0 Å². The summed E-state index contributed by atoms with van der Waals surface area (Å²) in [6.07, 6.45) is 0. The molecule has 0 bridgehead atoms. The average molecular weight is 211 g/mol. The van der Waals surface area contributed by atoms with E-state index in [0.29, 0.717) is 12.2 Å². The predicted octanol–water partition coefficient (Wildman–Crippen LogP) is 2.13. The second-order valence-corrected chi connectivity index (χ2v) is 3.25. The number of para-hydroxylation sites is 1. The number of carboxylic acid groups (broad SMARTS) is 1. The van der Waals surface area contributed by atoms with E-state index in [2.05, 4.69) is 0 Å². The van der Waals surface area contributed by atoms with Crippen LogP contribution in [0.2, 0.25) is 0 Å². The molecule has 4 heteroatoms. The molecule has 0 saturated heterocycles. The average Bonchev–Trinajstić information content (AvgIpc) is 2.21. The van der Waals surface area contributed by atoms with E-state index in [0.717, 1.165) is 0 Å². The SMILES string of the molecule is CCN(c1ccccc1F)C(C)C(=O)O. The molecule has 0 aliphatic carbocycles. The minimum absolute atomic E-state index is 0.329. The Hall–Kier alpha value is -1.58. The van der Waals surface area contributed by atoms with Crippen LogP contribution in [0.25, 0.3) is 0 Å². The molecule has 1 N–H and O–H groups in total. The molecular formula is C11H14FNO2.